The molecule has 2 aromatic carbocycles. The summed E-state index contributed by atoms with van der Waals surface area (Å²) in [7, 11) is 0. The third-order valence-corrected chi connectivity index (χ3v) is 7.07. The number of benzene rings is 2. The van der Waals surface area contributed by atoms with Gasteiger partial charge >= 0.3 is 0 Å². The Morgan fingerprint density at radius 1 is 1.10 bits per heavy atom. The number of rotatable bonds is 8. The summed E-state index contributed by atoms with van der Waals surface area (Å²) >= 11 is 15.6. The highest BCUT2D eigenvalue weighted by Crippen LogP contribution is 2.33. The Balaban J connectivity index is 1.99. The van der Waals surface area contributed by atoms with Crippen molar-refractivity contribution in [2.75, 3.05) is 37.3 Å². The van der Waals surface area contributed by atoms with E-state index in [1.54, 1.807) is 34.9 Å². The van der Waals surface area contributed by atoms with Crippen molar-refractivity contribution in [2.45, 2.75) is 18.7 Å². The molecule has 29 heavy (non-hydrogen) atoms. The molecule has 1 amide bonds. The van der Waals surface area contributed by atoms with E-state index in [0.717, 1.165) is 29.9 Å². The van der Waals surface area contributed by atoms with Crippen LogP contribution in [0, 0.1) is 0 Å². The standard InChI is InChI=1S/C21H23Cl2N3OS2/c1-4-25(5-2)10-11-26(20(27)16-8-6-14(22)12-17(16)23)21-24-18-9-7-15(28-3)13-19(18)29-21/h6-9,12-13H,4-5,10-11H2,1-3H3. The Kier molecular flexibility index (Phi) is 7.82. The van der Waals surface area contributed by atoms with Crippen LogP contribution in [0.3, 0.4) is 0 Å². The van der Waals surface area contributed by atoms with E-state index < -0.39 is 0 Å². The molecule has 0 saturated carbocycles. The van der Waals surface area contributed by atoms with Crippen LogP contribution in [0.4, 0.5) is 5.13 Å². The normalized spacial score (nSPS) is 11.4. The minimum atomic E-state index is -0.164. The fourth-order valence-electron chi connectivity index (χ4n) is 3.01. The number of anilines is 1. The predicted octanol–water partition coefficient (Wildman–Crippen LogP) is 6.31. The van der Waals surface area contributed by atoms with E-state index in [-0.39, 0.29) is 5.91 Å². The van der Waals surface area contributed by atoms with E-state index in [1.165, 1.54) is 16.2 Å². The van der Waals surface area contributed by atoms with Gasteiger partial charge in [0.05, 0.1) is 20.8 Å². The third kappa shape index (κ3) is 5.25. The van der Waals surface area contributed by atoms with Gasteiger partial charge < -0.3 is 4.90 Å². The maximum absolute atomic E-state index is 13.4. The summed E-state index contributed by atoms with van der Waals surface area (Å²) < 4.78 is 1.06. The second-order valence-electron chi connectivity index (χ2n) is 6.44. The van der Waals surface area contributed by atoms with Gasteiger partial charge in [0.2, 0.25) is 0 Å². The molecule has 0 aliphatic rings. The molecule has 0 fully saturated rings. The minimum Gasteiger partial charge on any atom is -0.302 e. The molecule has 0 radical (unpaired) electrons. The predicted molar refractivity (Wildman–Crippen MR) is 127 cm³/mol. The Bertz CT molecular complexity index is 1000. The molecule has 154 valence electrons. The summed E-state index contributed by atoms with van der Waals surface area (Å²) in [6.45, 7) is 7.39. The molecule has 3 rings (SSSR count). The van der Waals surface area contributed by atoms with E-state index in [9.17, 15) is 4.79 Å². The van der Waals surface area contributed by atoms with Crippen molar-refractivity contribution in [2.24, 2.45) is 0 Å². The van der Waals surface area contributed by atoms with Crippen molar-refractivity contribution in [1.82, 2.24) is 9.88 Å². The molecule has 0 N–H and O–H groups in total. The maximum atomic E-state index is 13.4. The van der Waals surface area contributed by atoms with Crippen LogP contribution in [0.25, 0.3) is 10.2 Å². The molecule has 0 aliphatic heterocycles. The lowest BCUT2D eigenvalue weighted by molar-refractivity contribution is 0.0984. The van der Waals surface area contributed by atoms with E-state index in [1.807, 2.05) is 12.3 Å². The monoisotopic (exact) mass is 467 g/mol. The molecule has 0 aliphatic carbocycles. The van der Waals surface area contributed by atoms with Gasteiger partial charge in [0.15, 0.2) is 5.13 Å². The van der Waals surface area contributed by atoms with Crippen molar-refractivity contribution in [3.8, 4) is 0 Å². The van der Waals surface area contributed by atoms with Crippen molar-refractivity contribution >= 4 is 67.6 Å². The van der Waals surface area contributed by atoms with Crippen molar-refractivity contribution in [3.05, 3.63) is 52.0 Å². The fourth-order valence-corrected chi connectivity index (χ4v) is 5.04. The van der Waals surface area contributed by atoms with E-state index in [4.69, 9.17) is 28.2 Å². The quantitative estimate of drug-likeness (QED) is 0.363. The average molecular weight is 468 g/mol. The lowest BCUT2D eigenvalue weighted by atomic mass is 10.2. The van der Waals surface area contributed by atoms with Crippen LogP contribution < -0.4 is 4.90 Å². The van der Waals surface area contributed by atoms with Gasteiger partial charge in [-0.2, -0.15) is 0 Å². The van der Waals surface area contributed by atoms with Crippen molar-refractivity contribution in [3.63, 3.8) is 0 Å². The first-order chi connectivity index (χ1) is 14.0. The first-order valence-corrected chi connectivity index (χ1v) is 12.2. The Hall–Kier alpha value is -1.31. The molecule has 0 unspecified atom stereocenters. The maximum Gasteiger partial charge on any atom is 0.261 e. The zero-order valence-electron chi connectivity index (χ0n) is 16.6. The number of carbonyl (C=O) groups excluding carboxylic acids is 1. The van der Waals surface area contributed by atoms with Gasteiger partial charge in [0, 0.05) is 23.0 Å². The molecule has 0 atom stereocenters. The summed E-state index contributed by atoms with van der Waals surface area (Å²) in [4.78, 5) is 23.3. The van der Waals surface area contributed by atoms with Crippen LogP contribution in [0.1, 0.15) is 24.2 Å². The molecule has 8 heteroatoms. The highest BCUT2D eigenvalue weighted by molar-refractivity contribution is 7.98. The summed E-state index contributed by atoms with van der Waals surface area (Å²) in [5.41, 5.74) is 1.32. The number of fused-ring (bicyclic) bond motifs is 1. The number of hydrogen-bond acceptors (Lipinski definition) is 5. The Morgan fingerprint density at radius 2 is 1.86 bits per heavy atom. The highest BCUT2D eigenvalue weighted by atomic mass is 35.5. The molecular weight excluding hydrogens is 445 g/mol. The van der Waals surface area contributed by atoms with Gasteiger partial charge in [-0.1, -0.05) is 48.4 Å². The number of halogens is 2. The summed E-state index contributed by atoms with van der Waals surface area (Å²) in [6, 6.07) is 11.1. The number of nitrogens with zero attached hydrogens (tertiary/aromatic N) is 3. The largest absolute Gasteiger partial charge is 0.302 e. The van der Waals surface area contributed by atoms with Gasteiger partial charge in [-0.15, -0.1) is 11.8 Å². The van der Waals surface area contributed by atoms with Crippen molar-refractivity contribution < 1.29 is 4.79 Å². The van der Waals surface area contributed by atoms with Crippen molar-refractivity contribution in [1.29, 1.82) is 0 Å². The first kappa shape index (κ1) is 22.4. The molecule has 1 heterocycles. The molecule has 0 saturated heterocycles. The van der Waals surface area contributed by atoms with Crippen LogP contribution in [0.15, 0.2) is 41.3 Å². The lowest BCUT2D eigenvalue weighted by Crippen LogP contribution is -2.39. The third-order valence-electron chi connectivity index (χ3n) is 4.76. The van der Waals surface area contributed by atoms with Crippen LogP contribution in [-0.4, -0.2) is 48.2 Å². The molecule has 3 aromatic rings. The SMILES string of the molecule is CCN(CC)CCN(C(=O)c1ccc(Cl)cc1Cl)c1nc2ccc(SC)cc2s1. The number of carbonyl (C=O) groups is 1. The van der Waals surface area contributed by atoms with E-state index in [0.29, 0.717) is 27.3 Å². The van der Waals surface area contributed by atoms with Crippen LogP contribution in [-0.2, 0) is 0 Å². The number of likely N-dealkylation sites (N-methyl/N-ethyl adjacent to an activating group) is 1. The Labute approximate surface area is 189 Å². The second-order valence-corrected chi connectivity index (χ2v) is 9.17. The van der Waals surface area contributed by atoms with Gasteiger partial charge in [-0.05, 0) is 55.7 Å². The first-order valence-electron chi connectivity index (χ1n) is 9.40. The molecule has 0 spiro atoms. The van der Waals surface area contributed by atoms with Gasteiger partial charge in [-0.25, -0.2) is 4.98 Å². The fraction of sp³-hybridized carbons (Fsp3) is 0.333. The van der Waals surface area contributed by atoms with Gasteiger partial charge in [0.1, 0.15) is 0 Å². The van der Waals surface area contributed by atoms with Gasteiger partial charge in [-0.3, -0.25) is 9.69 Å². The van der Waals surface area contributed by atoms with Crippen LogP contribution in [0.5, 0.6) is 0 Å². The van der Waals surface area contributed by atoms with Gasteiger partial charge in [0.25, 0.3) is 5.91 Å². The van der Waals surface area contributed by atoms with E-state index >= 15 is 0 Å². The lowest BCUT2D eigenvalue weighted by Gasteiger charge is -2.25. The smallest absolute Gasteiger partial charge is 0.261 e. The molecular formula is C21H23Cl2N3OS2. The Morgan fingerprint density at radius 3 is 2.52 bits per heavy atom. The number of hydrogen-bond donors (Lipinski definition) is 0. The summed E-state index contributed by atoms with van der Waals surface area (Å²) in [5, 5.41) is 1.54. The molecule has 0 bridgehead atoms. The average Bonchev–Trinajstić information content (AvgIpc) is 3.13. The van der Waals surface area contributed by atoms with Crippen LogP contribution >= 0.6 is 46.3 Å². The zero-order chi connectivity index (χ0) is 21.0. The number of aromatic nitrogens is 1. The van der Waals surface area contributed by atoms with E-state index in [2.05, 4.69) is 30.9 Å². The zero-order valence-corrected chi connectivity index (χ0v) is 19.8. The minimum absolute atomic E-state index is 0.164. The number of thiazole rings is 1. The molecule has 1 aromatic heterocycles. The highest BCUT2D eigenvalue weighted by Gasteiger charge is 2.24. The summed E-state index contributed by atoms with van der Waals surface area (Å²) in [5.74, 6) is -0.164. The topological polar surface area (TPSA) is 36.4 Å². The second kappa shape index (κ2) is 10.1. The van der Waals surface area contributed by atoms with Crippen LogP contribution in [0.2, 0.25) is 10.0 Å². The molecule has 4 nitrogen and oxygen atoms in total. The number of thioether (sulfide) groups is 1. The summed E-state index contributed by atoms with van der Waals surface area (Å²) in [6.07, 6.45) is 2.05. The number of amides is 1.